The summed E-state index contributed by atoms with van der Waals surface area (Å²) in [6, 6.07) is 7.80. The number of unbranched alkanes of at least 4 members (excludes halogenated alkanes) is 1. The number of ether oxygens (including phenoxy) is 1. The highest BCUT2D eigenvalue weighted by atomic mass is 16.5. The maximum Gasteiger partial charge on any atom is 0.325 e. The summed E-state index contributed by atoms with van der Waals surface area (Å²) in [5, 5.41) is 13.6. The number of aromatic nitrogens is 2. The molecule has 2 aromatic rings. The van der Waals surface area contributed by atoms with E-state index >= 15 is 0 Å². The SMILES string of the molecule is CCCCN(C)Cc1cn(CC(=O)O)nc1-c1ccc(OC(C)C)cc1. The van der Waals surface area contributed by atoms with Crippen molar-refractivity contribution in [2.75, 3.05) is 13.6 Å². The van der Waals surface area contributed by atoms with Crippen molar-refractivity contribution in [2.24, 2.45) is 0 Å². The standard InChI is InChI=1S/C20H29N3O3/c1-5-6-11-22(4)12-17-13-23(14-19(24)25)21-20(17)16-7-9-18(10-8-16)26-15(2)3/h7-10,13,15H,5-6,11-12,14H2,1-4H3,(H,24,25). The molecule has 0 saturated heterocycles. The largest absolute Gasteiger partial charge is 0.491 e. The van der Waals surface area contributed by atoms with Gasteiger partial charge in [-0.25, -0.2) is 0 Å². The van der Waals surface area contributed by atoms with Gasteiger partial charge < -0.3 is 14.7 Å². The smallest absolute Gasteiger partial charge is 0.325 e. The van der Waals surface area contributed by atoms with E-state index in [0.29, 0.717) is 0 Å². The van der Waals surface area contributed by atoms with Crippen LogP contribution in [0.25, 0.3) is 11.3 Å². The molecule has 1 aromatic heterocycles. The van der Waals surface area contributed by atoms with Gasteiger partial charge in [-0.05, 0) is 58.1 Å². The highest BCUT2D eigenvalue weighted by Crippen LogP contribution is 2.26. The van der Waals surface area contributed by atoms with Crippen LogP contribution in [0.15, 0.2) is 30.5 Å². The summed E-state index contributed by atoms with van der Waals surface area (Å²) in [4.78, 5) is 13.3. The average molecular weight is 359 g/mol. The quantitative estimate of drug-likeness (QED) is 0.701. The summed E-state index contributed by atoms with van der Waals surface area (Å²) in [5.41, 5.74) is 2.82. The van der Waals surface area contributed by atoms with Gasteiger partial charge in [-0.3, -0.25) is 9.48 Å². The molecule has 6 nitrogen and oxygen atoms in total. The molecule has 0 unspecified atom stereocenters. The summed E-state index contributed by atoms with van der Waals surface area (Å²) in [5.74, 6) is -0.0825. The Hall–Kier alpha value is -2.34. The lowest BCUT2D eigenvalue weighted by Crippen LogP contribution is -2.19. The number of carboxylic acid groups (broad SMARTS) is 1. The zero-order valence-corrected chi connectivity index (χ0v) is 16.1. The van der Waals surface area contributed by atoms with Crippen molar-refractivity contribution in [1.29, 1.82) is 0 Å². The van der Waals surface area contributed by atoms with Gasteiger partial charge >= 0.3 is 5.97 Å². The van der Waals surface area contributed by atoms with E-state index in [9.17, 15) is 4.79 Å². The van der Waals surface area contributed by atoms with Crippen molar-refractivity contribution in [1.82, 2.24) is 14.7 Å². The molecule has 0 bridgehead atoms. The monoisotopic (exact) mass is 359 g/mol. The molecule has 0 aliphatic rings. The van der Waals surface area contributed by atoms with Crippen LogP contribution >= 0.6 is 0 Å². The van der Waals surface area contributed by atoms with Crippen LogP contribution in [0.4, 0.5) is 0 Å². The summed E-state index contributed by atoms with van der Waals surface area (Å²) in [7, 11) is 2.08. The number of rotatable bonds is 10. The van der Waals surface area contributed by atoms with E-state index in [1.807, 2.05) is 44.3 Å². The molecular weight excluding hydrogens is 330 g/mol. The molecule has 1 N–H and O–H groups in total. The molecule has 26 heavy (non-hydrogen) atoms. The van der Waals surface area contributed by atoms with Crippen LogP contribution in [0, 0.1) is 0 Å². The van der Waals surface area contributed by atoms with Crippen LogP contribution in [0.5, 0.6) is 5.75 Å². The minimum atomic E-state index is -0.898. The number of carboxylic acids is 1. The minimum absolute atomic E-state index is 0.124. The summed E-state index contributed by atoms with van der Waals surface area (Å²) in [6.07, 6.45) is 4.24. The molecule has 0 saturated carbocycles. The lowest BCUT2D eigenvalue weighted by molar-refractivity contribution is -0.137. The number of aliphatic carboxylic acids is 1. The third kappa shape index (κ3) is 5.88. The molecule has 2 rings (SSSR count). The van der Waals surface area contributed by atoms with Crippen LogP contribution < -0.4 is 4.74 Å². The molecule has 6 heteroatoms. The summed E-state index contributed by atoms with van der Waals surface area (Å²) >= 11 is 0. The number of benzene rings is 1. The van der Waals surface area contributed by atoms with Crippen LogP contribution in [-0.2, 0) is 17.9 Å². The Morgan fingerprint density at radius 2 is 2.00 bits per heavy atom. The molecule has 0 atom stereocenters. The predicted molar refractivity (Wildman–Crippen MR) is 102 cm³/mol. The predicted octanol–water partition coefficient (Wildman–Crippen LogP) is 3.65. The molecule has 1 heterocycles. The minimum Gasteiger partial charge on any atom is -0.491 e. The number of hydrogen-bond donors (Lipinski definition) is 1. The Morgan fingerprint density at radius 1 is 1.31 bits per heavy atom. The lowest BCUT2D eigenvalue weighted by atomic mass is 10.1. The molecule has 142 valence electrons. The van der Waals surface area contributed by atoms with E-state index in [0.717, 1.165) is 48.5 Å². The van der Waals surface area contributed by atoms with Crippen molar-refractivity contribution in [2.45, 2.75) is 52.8 Å². The van der Waals surface area contributed by atoms with Gasteiger partial charge in [-0.1, -0.05) is 13.3 Å². The van der Waals surface area contributed by atoms with Gasteiger partial charge in [0.1, 0.15) is 12.3 Å². The third-order valence-corrected chi connectivity index (χ3v) is 3.97. The molecule has 0 fully saturated rings. The second-order valence-electron chi connectivity index (χ2n) is 6.88. The van der Waals surface area contributed by atoms with Crippen molar-refractivity contribution >= 4 is 5.97 Å². The van der Waals surface area contributed by atoms with Crippen molar-refractivity contribution in [3.05, 3.63) is 36.0 Å². The van der Waals surface area contributed by atoms with Crippen LogP contribution in [0.1, 0.15) is 39.2 Å². The first-order valence-electron chi connectivity index (χ1n) is 9.12. The van der Waals surface area contributed by atoms with E-state index in [1.54, 1.807) is 0 Å². The van der Waals surface area contributed by atoms with Gasteiger partial charge in [0.25, 0.3) is 0 Å². The molecule has 0 spiro atoms. The van der Waals surface area contributed by atoms with E-state index in [2.05, 4.69) is 24.0 Å². The number of carbonyl (C=O) groups is 1. The zero-order chi connectivity index (χ0) is 19.1. The van der Waals surface area contributed by atoms with Gasteiger partial charge in [0, 0.05) is 23.9 Å². The highest BCUT2D eigenvalue weighted by molar-refractivity contribution is 5.67. The first-order chi connectivity index (χ1) is 12.4. The number of hydrogen-bond acceptors (Lipinski definition) is 4. The lowest BCUT2D eigenvalue weighted by Gasteiger charge is -2.16. The number of nitrogens with zero attached hydrogens (tertiary/aromatic N) is 3. The first-order valence-corrected chi connectivity index (χ1v) is 9.12. The summed E-state index contributed by atoms with van der Waals surface area (Å²) in [6.45, 7) is 7.75. The van der Waals surface area contributed by atoms with E-state index < -0.39 is 5.97 Å². The van der Waals surface area contributed by atoms with E-state index in [-0.39, 0.29) is 12.6 Å². The van der Waals surface area contributed by atoms with Crippen LogP contribution in [0.3, 0.4) is 0 Å². The maximum atomic E-state index is 11.0. The zero-order valence-electron chi connectivity index (χ0n) is 16.1. The Bertz CT molecular complexity index is 708. The van der Waals surface area contributed by atoms with Gasteiger partial charge in [0.05, 0.1) is 11.8 Å². The molecule has 1 aromatic carbocycles. The fourth-order valence-electron chi connectivity index (χ4n) is 2.80. The van der Waals surface area contributed by atoms with E-state index in [1.165, 1.54) is 4.68 Å². The molecular formula is C20H29N3O3. The van der Waals surface area contributed by atoms with E-state index in [4.69, 9.17) is 9.84 Å². The molecule has 0 aliphatic heterocycles. The normalized spacial score (nSPS) is 11.3. The third-order valence-electron chi connectivity index (χ3n) is 3.97. The second kappa shape index (κ2) is 9.38. The van der Waals surface area contributed by atoms with Gasteiger partial charge in [0.15, 0.2) is 0 Å². The molecule has 0 radical (unpaired) electrons. The average Bonchev–Trinajstić information content (AvgIpc) is 2.94. The van der Waals surface area contributed by atoms with Crippen molar-refractivity contribution < 1.29 is 14.6 Å². The fraction of sp³-hybridized carbons (Fsp3) is 0.500. The highest BCUT2D eigenvalue weighted by Gasteiger charge is 2.14. The van der Waals surface area contributed by atoms with Crippen LogP contribution in [-0.4, -0.2) is 45.5 Å². The topological polar surface area (TPSA) is 67.6 Å². The van der Waals surface area contributed by atoms with Crippen LogP contribution in [0.2, 0.25) is 0 Å². The summed E-state index contributed by atoms with van der Waals surface area (Å²) < 4.78 is 7.19. The van der Waals surface area contributed by atoms with Gasteiger partial charge in [-0.2, -0.15) is 5.10 Å². The Morgan fingerprint density at radius 3 is 2.58 bits per heavy atom. The Labute approximate surface area is 155 Å². The van der Waals surface area contributed by atoms with Gasteiger partial charge in [0.2, 0.25) is 0 Å². The maximum absolute atomic E-state index is 11.0. The Kier molecular flexibility index (Phi) is 7.21. The fourth-order valence-corrected chi connectivity index (χ4v) is 2.80. The second-order valence-corrected chi connectivity index (χ2v) is 6.88. The molecule has 0 amide bonds. The van der Waals surface area contributed by atoms with Crippen molar-refractivity contribution in [3.63, 3.8) is 0 Å². The van der Waals surface area contributed by atoms with Gasteiger partial charge in [-0.15, -0.1) is 0 Å². The van der Waals surface area contributed by atoms with Crippen molar-refractivity contribution in [3.8, 4) is 17.0 Å². The first kappa shape index (κ1) is 20.0. The Balaban J connectivity index is 2.26. The molecule has 0 aliphatic carbocycles.